The molecule has 4 rings (SSSR count). The Morgan fingerprint density at radius 3 is 2.62 bits per heavy atom. The molecule has 0 saturated heterocycles. The van der Waals surface area contributed by atoms with Crippen LogP contribution in [0.2, 0.25) is 0 Å². The number of fused-ring (bicyclic) bond motifs is 1. The molecule has 0 aliphatic heterocycles. The van der Waals surface area contributed by atoms with E-state index < -0.39 is 38.5 Å². The maximum absolute atomic E-state index is 13.3. The third-order valence-corrected chi connectivity index (χ3v) is 6.57. The van der Waals surface area contributed by atoms with Crippen LogP contribution in [0.4, 0.5) is 13.2 Å². The number of hydrogen-bond donors (Lipinski definition) is 3. The number of aromatic nitrogens is 3. The number of aromatic hydroxyl groups is 1. The van der Waals surface area contributed by atoms with Crippen LogP contribution in [0.1, 0.15) is 15.9 Å². The van der Waals surface area contributed by atoms with Crippen molar-refractivity contribution in [1.82, 2.24) is 20.5 Å². The van der Waals surface area contributed by atoms with Gasteiger partial charge < -0.3 is 15.2 Å². The number of aromatic amines is 1. The van der Waals surface area contributed by atoms with Gasteiger partial charge in [0.25, 0.3) is 5.91 Å². The van der Waals surface area contributed by atoms with Crippen LogP contribution in [0.25, 0.3) is 11.0 Å². The summed E-state index contributed by atoms with van der Waals surface area (Å²) in [5, 5.41) is 19.3. The van der Waals surface area contributed by atoms with E-state index in [-0.39, 0.29) is 22.6 Å². The first-order valence-electron chi connectivity index (χ1n) is 9.54. The molecule has 2 heterocycles. The Bertz CT molecular complexity index is 1490. The van der Waals surface area contributed by atoms with Crippen molar-refractivity contribution in [3.8, 4) is 11.5 Å². The smallest absolute Gasteiger partial charge is 0.508 e. The lowest BCUT2D eigenvalue weighted by molar-refractivity contribution is -0.275. The lowest BCUT2D eigenvalue weighted by Crippen LogP contribution is -2.24. The van der Waals surface area contributed by atoms with Crippen LogP contribution < -0.4 is 10.1 Å². The standard InChI is InChI=1S/C21H15F3N4O5S/c22-21(23,24)33-16-6-5-15(29)8-18(16)34(31,32)17-4-2-1-3-12(17)9-26-20(30)14-7-13-11-27-28-19(13)25-10-14/h1-8,10-11,29H,9H2,(H,26,30)(H,25,27,28). The first-order valence-corrected chi connectivity index (χ1v) is 11.0. The minimum absolute atomic E-state index is 0.106. The van der Waals surface area contributed by atoms with Gasteiger partial charge in [-0.25, -0.2) is 13.4 Å². The Morgan fingerprint density at radius 2 is 1.85 bits per heavy atom. The van der Waals surface area contributed by atoms with Gasteiger partial charge in [-0.2, -0.15) is 5.10 Å². The summed E-state index contributed by atoms with van der Waals surface area (Å²) < 4.78 is 68.8. The highest BCUT2D eigenvalue weighted by Crippen LogP contribution is 2.36. The number of phenols is 1. The monoisotopic (exact) mass is 492 g/mol. The molecule has 0 aliphatic carbocycles. The summed E-state index contributed by atoms with van der Waals surface area (Å²) in [5.41, 5.74) is 0.786. The summed E-state index contributed by atoms with van der Waals surface area (Å²) in [6.45, 7) is -0.258. The molecular formula is C21H15F3N4O5S. The lowest BCUT2D eigenvalue weighted by Gasteiger charge is -2.16. The fraction of sp³-hybridized carbons (Fsp3) is 0.0952. The number of carbonyl (C=O) groups excluding carboxylic acids is 1. The fourth-order valence-electron chi connectivity index (χ4n) is 3.18. The summed E-state index contributed by atoms with van der Waals surface area (Å²) in [5.74, 6) is -2.12. The van der Waals surface area contributed by atoms with E-state index in [2.05, 4.69) is 25.2 Å². The molecule has 1 amide bonds. The number of benzene rings is 2. The summed E-state index contributed by atoms with van der Waals surface area (Å²) in [4.78, 5) is 15.4. The minimum atomic E-state index is -5.15. The molecule has 2 aromatic carbocycles. The van der Waals surface area contributed by atoms with E-state index in [1.807, 2.05) is 0 Å². The Balaban J connectivity index is 1.64. The second kappa shape index (κ2) is 8.67. The zero-order valence-corrected chi connectivity index (χ0v) is 17.8. The van der Waals surface area contributed by atoms with Gasteiger partial charge in [0.1, 0.15) is 16.4 Å². The van der Waals surface area contributed by atoms with Crippen LogP contribution >= 0.6 is 0 Å². The zero-order valence-electron chi connectivity index (χ0n) is 17.0. The van der Waals surface area contributed by atoms with Crippen molar-refractivity contribution in [1.29, 1.82) is 0 Å². The van der Waals surface area contributed by atoms with Crippen molar-refractivity contribution in [3.05, 3.63) is 72.1 Å². The van der Waals surface area contributed by atoms with E-state index in [0.29, 0.717) is 23.2 Å². The highest BCUT2D eigenvalue weighted by Gasteiger charge is 2.35. The van der Waals surface area contributed by atoms with Gasteiger partial charge in [0.2, 0.25) is 9.84 Å². The van der Waals surface area contributed by atoms with Gasteiger partial charge in [-0.3, -0.25) is 9.89 Å². The normalized spacial score (nSPS) is 12.0. The van der Waals surface area contributed by atoms with Crippen LogP contribution in [0, 0.1) is 0 Å². The van der Waals surface area contributed by atoms with Gasteiger partial charge in [0.15, 0.2) is 5.65 Å². The Hall–Kier alpha value is -4.13. The van der Waals surface area contributed by atoms with Crippen LogP contribution in [0.3, 0.4) is 0 Å². The number of nitrogens with zero attached hydrogens (tertiary/aromatic N) is 2. The third kappa shape index (κ3) is 4.78. The molecule has 3 N–H and O–H groups in total. The van der Waals surface area contributed by atoms with E-state index in [4.69, 9.17) is 0 Å². The first-order chi connectivity index (χ1) is 16.0. The Kier molecular flexibility index (Phi) is 5.87. The molecule has 0 unspecified atom stereocenters. The van der Waals surface area contributed by atoms with Gasteiger partial charge in [0.05, 0.1) is 16.7 Å². The van der Waals surface area contributed by atoms with Crippen molar-refractivity contribution in [2.75, 3.05) is 0 Å². The molecule has 0 atom stereocenters. The number of nitrogens with one attached hydrogen (secondary N) is 2. The van der Waals surface area contributed by atoms with E-state index in [0.717, 1.165) is 6.07 Å². The summed E-state index contributed by atoms with van der Waals surface area (Å²) in [6.07, 6.45) is -2.36. The van der Waals surface area contributed by atoms with Gasteiger partial charge in [-0.05, 0) is 29.8 Å². The van der Waals surface area contributed by atoms with E-state index >= 15 is 0 Å². The number of ether oxygens (including phenoxy) is 1. The first kappa shape index (κ1) is 23.0. The van der Waals surface area contributed by atoms with Gasteiger partial charge in [0, 0.05) is 24.2 Å². The maximum Gasteiger partial charge on any atom is 0.573 e. The van der Waals surface area contributed by atoms with Gasteiger partial charge in [-0.1, -0.05) is 18.2 Å². The topological polar surface area (TPSA) is 134 Å². The summed E-state index contributed by atoms with van der Waals surface area (Å²) in [7, 11) is -4.59. The van der Waals surface area contributed by atoms with Crippen LogP contribution in [-0.2, 0) is 16.4 Å². The number of amides is 1. The molecule has 34 heavy (non-hydrogen) atoms. The molecular weight excluding hydrogens is 477 g/mol. The number of H-pyrrole nitrogens is 1. The highest BCUT2D eigenvalue weighted by atomic mass is 32.2. The fourth-order valence-corrected chi connectivity index (χ4v) is 4.82. The number of carbonyl (C=O) groups is 1. The molecule has 0 saturated carbocycles. The molecule has 0 radical (unpaired) electrons. The molecule has 0 spiro atoms. The van der Waals surface area contributed by atoms with E-state index in [1.54, 1.807) is 0 Å². The number of sulfone groups is 1. The van der Waals surface area contributed by atoms with Crippen LogP contribution in [-0.4, -0.2) is 41.0 Å². The van der Waals surface area contributed by atoms with Crippen molar-refractivity contribution in [3.63, 3.8) is 0 Å². The molecule has 2 aromatic heterocycles. The van der Waals surface area contributed by atoms with Gasteiger partial charge in [-0.15, -0.1) is 13.2 Å². The molecule has 0 fully saturated rings. The quantitative estimate of drug-likeness (QED) is 0.376. The zero-order chi connectivity index (χ0) is 24.5. The summed E-state index contributed by atoms with van der Waals surface area (Å²) >= 11 is 0. The SMILES string of the molecule is O=C(NCc1ccccc1S(=O)(=O)c1cc(O)ccc1OC(F)(F)F)c1cnc2[nH]ncc2c1. The van der Waals surface area contributed by atoms with Crippen LogP contribution in [0.5, 0.6) is 11.5 Å². The third-order valence-electron chi connectivity index (χ3n) is 4.70. The molecule has 0 aliphatic rings. The minimum Gasteiger partial charge on any atom is -0.508 e. The van der Waals surface area contributed by atoms with Crippen molar-refractivity contribution < 1.29 is 36.2 Å². The predicted molar refractivity (Wildman–Crippen MR) is 112 cm³/mol. The Morgan fingerprint density at radius 1 is 1.09 bits per heavy atom. The van der Waals surface area contributed by atoms with Crippen LogP contribution in [0.15, 0.2) is 70.7 Å². The second-order valence-electron chi connectivity index (χ2n) is 7.00. The number of hydrogen-bond acceptors (Lipinski definition) is 7. The lowest BCUT2D eigenvalue weighted by atomic mass is 10.2. The average molecular weight is 492 g/mol. The van der Waals surface area contributed by atoms with E-state index in [9.17, 15) is 31.5 Å². The summed E-state index contributed by atoms with van der Waals surface area (Å²) in [6, 6.07) is 9.25. The maximum atomic E-state index is 13.3. The predicted octanol–water partition coefficient (Wildman–Crippen LogP) is 3.32. The number of pyridine rings is 1. The number of phenolic OH excluding ortho intramolecular Hbond substituents is 1. The number of rotatable bonds is 6. The van der Waals surface area contributed by atoms with Crippen molar-refractivity contribution in [2.24, 2.45) is 0 Å². The Labute approximate surface area is 190 Å². The number of alkyl halides is 3. The van der Waals surface area contributed by atoms with Crippen molar-refractivity contribution in [2.45, 2.75) is 22.7 Å². The molecule has 9 nitrogen and oxygen atoms in total. The highest BCUT2D eigenvalue weighted by molar-refractivity contribution is 7.91. The van der Waals surface area contributed by atoms with E-state index in [1.165, 1.54) is 42.7 Å². The molecule has 0 bridgehead atoms. The average Bonchev–Trinajstić information content (AvgIpc) is 3.26. The van der Waals surface area contributed by atoms with Crippen molar-refractivity contribution >= 4 is 26.8 Å². The van der Waals surface area contributed by atoms with Gasteiger partial charge >= 0.3 is 6.36 Å². The second-order valence-corrected chi connectivity index (χ2v) is 8.89. The molecule has 13 heteroatoms. The molecule has 4 aromatic rings. The largest absolute Gasteiger partial charge is 0.573 e. The number of halogens is 3. The molecule has 176 valence electrons.